The molecule has 2 aromatic carbocycles. The van der Waals surface area contributed by atoms with Crippen LogP contribution in [-0.4, -0.2) is 54.8 Å². The van der Waals surface area contributed by atoms with Gasteiger partial charge in [-0.15, -0.1) is 0 Å². The maximum Gasteiger partial charge on any atom is 0.306 e. The minimum absolute atomic E-state index is 0.0144. The normalized spacial score (nSPS) is 16.7. The molecule has 2 N–H and O–H groups in total. The number of carboxylic acids is 1. The fraction of sp³-hybridized carbons (Fsp3) is 0.300. The molecule has 33 heavy (non-hydrogen) atoms. The van der Waals surface area contributed by atoms with E-state index in [9.17, 15) is 23.3 Å². The smallest absolute Gasteiger partial charge is 0.306 e. The minimum Gasteiger partial charge on any atom is -0.481 e. The number of nitro groups is 1. The molecule has 13 heteroatoms. The molecule has 0 unspecified atom stereocenters. The van der Waals surface area contributed by atoms with Gasteiger partial charge < -0.3 is 14.6 Å². The van der Waals surface area contributed by atoms with E-state index in [1.54, 1.807) is 18.2 Å². The first-order valence-electron chi connectivity index (χ1n) is 9.96. The quantitative estimate of drug-likeness (QED) is 0.347. The van der Waals surface area contributed by atoms with E-state index in [0.717, 1.165) is 10.4 Å². The van der Waals surface area contributed by atoms with Crippen LogP contribution in [0.15, 0.2) is 46.4 Å². The molecule has 0 amide bonds. The molecule has 0 radical (unpaired) electrons. The number of hydrazone groups is 1. The molecule has 2 aliphatic rings. The van der Waals surface area contributed by atoms with E-state index in [0.29, 0.717) is 17.1 Å². The number of piperidine rings is 1. The Bertz CT molecular complexity index is 1220. The third kappa shape index (κ3) is 4.73. The van der Waals surface area contributed by atoms with Gasteiger partial charge in [0.1, 0.15) is 5.69 Å². The van der Waals surface area contributed by atoms with Crippen molar-refractivity contribution in [2.75, 3.05) is 25.3 Å². The first-order valence-corrected chi connectivity index (χ1v) is 11.4. The summed E-state index contributed by atoms with van der Waals surface area (Å²) in [6.07, 6.45) is 1.80. The lowest BCUT2D eigenvalue weighted by Crippen LogP contribution is -2.40. The molecular weight excluding hydrogens is 456 g/mol. The van der Waals surface area contributed by atoms with Gasteiger partial charge in [-0.05, 0) is 48.7 Å². The van der Waals surface area contributed by atoms with Crippen LogP contribution in [0.3, 0.4) is 0 Å². The van der Waals surface area contributed by atoms with Crippen molar-refractivity contribution in [1.82, 2.24) is 4.31 Å². The minimum atomic E-state index is -4.01. The highest BCUT2D eigenvalue weighted by molar-refractivity contribution is 7.89. The maximum absolute atomic E-state index is 12.9. The number of nitrogens with one attached hydrogen (secondary N) is 1. The Morgan fingerprint density at radius 3 is 2.61 bits per heavy atom. The van der Waals surface area contributed by atoms with E-state index in [1.807, 2.05) is 0 Å². The van der Waals surface area contributed by atoms with Gasteiger partial charge in [0.25, 0.3) is 5.69 Å². The molecule has 174 valence electrons. The van der Waals surface area contributed by atoms with Gasteiger partial charge in [-0.3, -0.25) is 20.3 Å². The predicted octanol–water partition coefficient (Wildman–Crippen LogP) is 2.25. The average Bonchev–Trinajstić information content (AvgIpc) is 3.27. The number of carboxylic acid groups (broad SMARTS) is 1. The fourth-order valence-electron chi connectivity index (χ4n) is 3.58. The van der Waals surface area contributed by atoms with Crippen LogP contribution >= 0.6 is 0 Å². The van der Waals surface area contributed by atoms with Crippen LogP contribution in [0.1, 0.15) is 18.4 Å². The van der Waals surface area contributed by atoms with Crippen LogP contribution in [0.25, 0.3) is 0 Å². The first-order chi connectivity index (χ1) is 15.8. The van der Waals surface area contributed by atoms with Gasteiger partial charge in [-0.1, -0.05) is 0 Å². The van der Waals surface area contributed by atoms with Gasteiger partial charge in [0.05, 0.1) is 22.0 Å². The number of aliphatic carboxylic acids is 1. The SMILES string of the molecule is O=C(O)C1CCN(S(=O)(=O)c2ccc(N/N=C/c3ccc4c(c3)OCO4)c([N+](=O)[O-])c2)CC1. The second-order valence-corrected chi connectivity index (χ2v) is 9.37. The molecule has 2 aromatic rings. The maximum atomic E-state index is 12.9. The molecule has 2 aliphatic heterocycles. The van der Waals surface area contributed by atoms with Gasteiger partial charge in [0.2, 0.25) is 16.8 Å². The van der Waals surface area contributed by atoms with Crippen LogP contribution in [0.2, 0.25) is 0 Å². The molecule has 12 nitrogen and oxygen atoms in total. The summed E-state index contributed by atoms with van der Waals surface area (Å²) in [5.74, 6) is -0.383. The van der Waals surface area contributed by atoms with Gasteiger partial charge in [-0.25, -0.2) is 8.42 Å². The molecule has 0 aromatic heterocycles. The van der Waals surface area contributed by atoms with Crippen LogP contribution in [-0.2, 0) is 14.8 Å². The van der Waals surface area contributed by atoms with Crippen molar-refractivity contribution in [1.29, 1.82) is 0 Å². The predicted molar refractivity (Wildman–Crippen MR) is 116 cm³/mol. The second-order valence-electron chi connectivity index (χ2n) is 7.44. The molecule has 4 rings (SSSR count). The zero-order chi connectivity index (χ0) is 23.6. The Morgan fingerprint density at radius 1 is 1.18 bits per heavy atom. The molecule has 0 spiro atoms. The zero-order valence-corrected chi connectivity index (χ0v) is 18.0. The first kappa shape index (κ1) is 22.5. The Balaban J connectivity index is 1.50. The second kappa shape index (κ2) is 9.03. The molecule has 0 aliphatic carbocycles. The summed E-state index contributed by atoms with van der Waals surface area (Å²) in [6.45, 7) is 0.201. The third-order valence-electron chi connectivity index (χ3n) is 5.40. The number of carbonyl (C=O) groups is 1. The van der Waals surface area contributed by atoms with Crippen molar-refractivity contribution in [3.05, 3.63) is 52.1 Å². The van der Waals surface area contributed by atoms with Crippen molar-refractivity contribution < 1.29 is 32.7 Å². The van der Waals surface area contributed by atoms with Crippen molar-refractivity contribution in [3.63, 3.8) is 0 Å². The topological polar surface area (TPSA) is 161 Å². The molecule has 0 atom stereocenters. The van der Waals surface area contributed by atoms with Crippen LogP contribution in [0.4, 0.5) is 11.4 Å². The molecule has 1 saturated heterocycles. The van der Waals surface area contributed by atoms with E-state index in [2.05, 4.69) is 10.5 Å². The highest BCUT2D eigenvalue weighted by Crippen LogP contribution is 2.33. The highest BCUT2D eigenvalue weighted by Gasteiger charge is 2.33. The Labute approximate surface area is 188 Å². The number of hydrogen-bond acceptors (Lipinski definition) is 9. The molecule has 2 heterocycles. The van der Waals surface area contributed by atoms with Gasteiger partial charge in [0.15, 0.2) is 11.5 Å². The number of ether oxygens (including phenoxy) is 2. The Morgan fingerprint density at radius 2 is 1.91 bits per heavy atom. The highest BCUT2D eigenvalue weighted by atomic mass is 32.2. The van der Waals surface area contributed by atoms with Crippen molar-refractivity contribution in [2.24, 2.45) is 11.0 Å². The summed E-state index contributed by atoms with van der Waals surface area (Å²) < 4.78 is 37.5. The van der Waals surface area contributed by atoms with Gasteiger partial charge in [-0.2, -0.15) is 9.41 Å². The Kier molecular flexibility index (Phi) is 6.16. The van der Waals surface area contributed by atoms with E-state index in [4.69, 9.17) is 14.6 Å². The number of fused-ring (bicyclic) bond motifs is 1. The number of nitrogens with zero attached hydrogens (tertiary/aromatic N) is 3. The molecule has 0 saturated carbocycles. The molecule has 0 bridgehead atoms. The zero-order valence-electron chi connectivity index (χ0n) is 17.2. The summed E-state index contributed by atoms with van der Waals surface area (Å²) >= 11 is 0. The van der Waals surface area contributed by atoms with E-state index >= 15 is 0 Å². The summed E-state index contributed by atoms with van der Waals surface area (Å²) in [7, 11) is -4.01. The standard InChI is InChI=1S/C20H20N4O8S/c25-20(26)14-5-7-23(8-6-14)33(29,30)15-2-3-16(17(10-15)24(27)28)22-21-11-13-1-4-18-19(9-13)32-12-31-18/h1-4,9-11,14,22H,5-8,12H2,(H,25,26)/b21-11+. The number of nitro benzene ring substituents is 1. The number of benzene rings is 2. The fourth-order valence-corrected chi connectivity index (χ4v) is 5.07. The summed E-state index contributed by atoms with van der Waals surface area (Å²) in [5, 5.41) is 24.6. The van der Waals surface area contributed by atoms with Crippen molar-refractivity contribution in [2.45, 2.75) is 17.7 Å². The van der Waals surface area contributed by atoms with Crippen LogP contribution in [0, 0.1) is 16.0 Å². The van der Waals surface area contributed by atoms with Gasteiger partial charge >= 0.3 is 5.97 Å². The molecule has 1 fully saturated rings. The largest absolute Gasteiger partial charge is 0.481 e. The number of sulfonamides is 1. The summed E-state index contributed by atoms with van der Waals surface area (Å²) in [6, 6.07) is 8.64. The van der Waals surface area contributed by atoms with Crippen LogP contribution < -0.4 is 14.9 Å². The van der Waals surface area contributed by atoms with Crippen molar-refractivity contribution in [3.8, 4) is 11.5 Å². The average molecular weight is 476 g/mol. The van der Waals surface area contributed by atoms with E-state index in [1.165, 1.54) is 18.3 Å². The van der Waals surface area contributed by atoms with Gasteiger partial charge in [0, 0.05) is 19.2 Å². The lowest BCUT2D eigenvalue weighted by molar-refractivity contribution is -0.384. The van der Waals surface area contributed by atoms with Crippen molar-refractivity contribution >= 4 is 33.6 Å². The monoisotopic (exact) mass is 476 g/mol. The van der Waals surface area contributed by atoms with E-state index in [-0.39, 0.29) is 43.3 Å². The number of hydrogen-bond donors (Lipinski definition) is 2. The lowest BCUT2D eigenvalue weighted by Gasteiger charge is -2.29. The van der Waals surface area contributed by atoms with Crippen LogP contribution in [0.5, 0.6) is 11.5 Å². The van der Waals surface area contributed by atoms with E-state index < -0.39 is 32.5 Å². The third-order valence-corrected chi connectivity index (χ3v) is 7.30. The Hall–Kier alpha value is -3.71. The number of anilines is 1. The summed E-state index contributed by atoms with van der Waals surface area (Å²) in [4.78, 5) is 21.7. The number of rotatable bonds is 7. The molecular formula is C20H20N4O8S. The lowest BCUT2D eigenvalue weighted by atomic mass is 9.99. The summed E-state index contributed by atoms with van der Waals surface area (Å²) in [5.41, 5.74) is 2.79.